The summed E-state index contributed by atoms with van der Waals surface area (Å²) in [6, 6.07) is 11.1. The van der Waals surface area contributed by atoms with Gasteiger partial charge < -0.3 is 4.42 Å². The van der Waals surface area contributed by atoms with Crippen molar-refractivity contribution in [2.24, 2.45) is 0 Å². The Morgan fingerprint density at radius 3 is 2.58 bits per heavy atom. The number of carbonyl (C=O) groups is 1. The molecule has 0 radical (unpaired) electrons. The number of nitrogens with zero attached hydrogens (tertiary/aromatic N) is 1. The van der Waals surface area contributed by atoms with Crippen molar-refractivity contribution in [3.63, 3.8) is 0 Å². The summed E-state index contributed by atoms with van der Waals surface area (Å²) in [7, 11) is 0. The molecule has 0 atom stereocenters. The summed E-state index contributed by atoms with van der Waals surface area (Å²) in [6.07, 6.45) is 0.774. The number of para-hydroxylation sites is 1. The van der Waals surface area contributed by atoms with E-state index in [0.717, 1.165) is 5.69 Å². The number of hydrogen-bond acceptors (Lipinski definition) is 3. The average Bonchev–Trinajstić information content (AvgIpc) is 2.39. The van der Waals surface area contributed by atoms with Crippen molar-refractivity contribution in [1.29, 1.82) is 0 Å². The van der Waals surface area contributed by atoms with E-state index in [0.29, 0.717) is 29.9 Å². The zero-order valence-corrected chi connectivity index (χ0v) is 10.6. The highest BCUT2D eigenvalue weighted by atomic mass is 16.4. The first-order chi connectivity index (χ1) is 9.16. The lowest BCUT2D eigenvalue weighted by Crippen LogP contribution is -2.33. The van der Waals surface area contributed by atoms with Crippen molar-refractivity contribution in [1.82, 2.24) is 0 Å². The summed E-state index contributed by atoms with van der Waals surface area (Å²) in [4.78, 5) is 25.6. The molecule has 1 aromatic heterocycles. The van der Waals surface area contributed by atoms with Gasteiger partial charge in [0.2, 0.25) is 5.91 Å². The molecule has 2 aromatic rings. The van der Waals surface area contributed by atoms with Crippen LogP contribution in [0.3, 0.4) is 0 Å². The molecule has 0 N–H and O–H groups in total. The van der Waals surface area contributed by atoms with E-state index in [4.69, 9.17) is 4.42 Å². The molecular formula is C15H13NO3. The van der Waals surface area contributed by atoms with Crippen molar-refractivity contribution in [3.8, 4) is 0 Å². The van der Waals surface area contributed by atoms with Crippen LogP contribution in [0, 0.1) is 6.92 Å². The van der Waals surface area contributed by atoms with E-state index < -0.39 is 0 Å². The molecule has 1 aliphatic heterocycles. The zero-order valence-electron chi connectivity index (χ0n) is 10.6. The zero-order chi connectivity index (χ0) is 13.4. The second-order valence-electron chi connectivity index (χ2n) is 4.57. The van der Waals surface area contributed by atoms with Crippen LogP contribution in [-0.4, -0.2) is 5.91 Å². The largest absolute Gasteiger partial charge is 0.428 e. The molecule has 2 heterocycles. The molecule has 0 unspecified atom stereocenters. The molecule has 0 saturated heterocycles. The Kier molecular flexibility index (Phi) is 2.71. The van der Waals surface area contributed by atoms with Gasteiger partial charge in [0.15, 0.2) is 0 Å². The predicted molar refractivity (Wildman–Crippen MR) is 71.6 cm³/mol. The summed E-state index contributed by atoms with van der Waals surface area (Å²) in [5.41, 5.74) is 1.66. The second-order valence-corrected chi connectivity index (χ2v) is 4.57. The smallest absolute Gasteiger partial charge is 0.341 e. The van der Waals surface area contributed by atoms with Crippen molar-refractivity contribution in [3.05, 3.63) is 58.1 Å². The molecule has 3 rings (SSSR count). The van der Waals surface area contributed by atoms with Gasteiger partial charge in [-0.3, -0.25) is 9.69 Å². The fraction of sp³-hybridized carbons (Fsp3) is 0.200. The quantitative estimate of drug-likeness (QED) is 0.786. The summed E-state index contributed by atoms with van der Waals surface area (Å²) in [6.45, 7) is 1.71. The monoisotopic (exact) mass is 255 g/mol. The van der Waals surface area contributed by atoms with E-state index in [2.05, 4.69) is 0 Å². The molecule has 4 heteroatoms. The predicted octanol–water partition coefficient (Wildman–Crippen LogP) is 2.56. The molecule has 96 valence electrons. The molecule has 19 heavy (non-hydrogen) atoms. The van der Waals surface area contributed by atoms with Gasteiger partial charge in [-0.15, -0.1) is 0 Å². The number of benzene rings is 1. The number of carbonyl (C=O) groups excluding carboxylic acids is 1. The average molecular weight is 255 g/mol. The topological polar surface area (TPSA) is 50.5 Å². The van der Waals surface area contributed by atoms with E-state index in [-0.39, 0.29) is 11.5 Å². The van der Waals surface area contributed by atoms with E-state index in [1.54, 1.807) is 17.9 Å². The highest BCUT2D eigenvalue weighted by Gasteiger charge is 2.28. The fourth-order valence-corrected chi connectivity index (χ4v) is 2.39. The van der Waals surface area contributed by atoms with Gasteiger partial charge in [0.05, 0.1) is 11.3 Å². The second kappa shape index (κ2) is 4.39. The summed E-state index contributed by atoms with van der Waals surface area (Å²) in [5, 5.41) is 0. The fourth-order valence-electron chi connectivity index (χ4n) is 2.39. The van der Waals surface area contributed by atoms with Gasteiger partial charge in [-0.1, -0.05) is 18.2 Å². The molecule has 1 aliphatic rings. The molecule has 0 bridgehead atoms. The molecule has 4 nitrogen and oxygen atoms in total. The van der Waals surface area contributed by atoms with Gasteiger partial charge in [-0.05, 0) is 25.5 Å². The Balaban J connectivity index is 2.22. The molecule has 0 saturated carbocycles. The van der Waals surface area contributed by atoms with Gasteiger partial charge in [0.1, 0.15) is 5.76 Å². The summed E-state index contributed by atoms with van der Waals surface area (Å²) >= 11 is 0. The van der Waals surface area contributed by atoms with Gasteiger partial charge in [-0.2, -0.15) is 0 Å². The van der Waals surface area contributed by atoms with Crippen LogP contribution >= 0.6 is 0 Å². The molecule has 0 fully saturated rings. The van der Waals surface area contributed by atoms with Gasteiger partial charge in [-0.25, -0.2) is 4.79 Å². The number of aryl methyl sites for hydroxylation is 1. The highest BCUT2D eigenvalue weighted by Crippen LogP contribution is 2.32. The standard InChI is InChI=1S/C15H13NO3/c1-10-9-13-12(15(18)19-10)7-8-14(17)16(13)11-5-3-2-4-6-11/h2-6,9H,7-8H2,1H3. The maximum Gasteiger partial charge on any atom is 0.341 e. The highest BCUT2D eigenvalue weighted by molar-refractivity contribution is 6.02. The van der Waals surface area contributed by atoms with Gasteiger partial charge in [0.25, 0.3) is 0 Å². The van der Waals surface area contributed by atoms with Crippen LogP contribution in [0.2, 0.25) is 0 Å². The van der Waals surface area contributed by atoms with Crippen molar-refractivity contribution in [2.45, 2.75) is 19.8 Å². The van der Waals surface area contributed by atoms with Crippen LogP contribution in [0.1, 0.15) is 17.7 Å². The van der Waals surface area contributed by atoms with Crippen molar-refractivity contribution in [2.75, 3.05) is 4.90 Å². The van der Waals surface area contributed by atoms with E-state index in [1.807, 2.05) is 30.3 Å². The number of rotatable bonds is 1. The van der Waals surface area contributed by atoms with Crippen LogP contribution in [0.5, 0.6) is 0 Å². The van der Waals surface area contributed by atoms with Crippen LogP contribution in [0.25, 0.3) is 0 Å². The Morgan fingerprint density at radius 2 is 1.84 bits per heavy atom. The van der Waals surface area contributed by atoms with Crippen LogP contribution < -0.4 is 10.5 Å². The SMILES string of the molecule is Cc1cc2c(c(=O)o1)CCC(=O)N2c1ccccc1. The van der Waals surface area contributed by atoms with Gasteiger partial charge >= 0.3 is 5.63 Å². The Labute approximate surface area is 110 Å². The number of fused-ring (bicyclic) bond motifs is 1. The molecule has 0 aliphatic carbocycles. The molecule has 0 spiro atoms. The lowest BCUT2D eigenvalue weighted by atomic mass is 10.0. The first kappa shape index (κ1) is 11.7. The Hall–Kier alpha value is -2.36. The number of hydrogen-bond donors (Lipinski definition) is 0. The van der Waals surface area contributed by atoms with Crippen LogP contribution in [0.15, 0.2) is 45.6 Å². The van der Waals surface area contributed by atoms with E-state index >= 15 is 0 Å². The molecule has 1 amide bonds. The van der Waals surface area contributed by atoms with Crippen LogP contribution in [-0.2, 0) is 11.2 Å². The van der Waals surface area contributed by atoms with E-state index in [1.165, 1.54) is 0 Å². The number of amides is 1. The minimum atomic E-state index is -0.344. The number of anilines is 2. The van der Waals surface area contributed by atoms with Gasteiger partial charge in [0, 0.05) is 18.2 Å². The molecular weight excluding hydrogens is 242 g/mol. The van der Waals surface area contributed by atoms with Crippen molar-refractivity contribution >= 4 is 17.3 Å². The normalized spacial score (nSPS) is 14.4. The lowest BCUT2D eigenvalue weighted by molar-refractivity contribution is -0.118. The van der Waals surface area contributed by atoms with E-state index in [9.17, 15) is 9.59 Å². The molecule has 1 aromatic carbocycles. The van der Waals surface area contributed by atoms with Crippen LogP contribution in [0.4, 0.5) is 11.4 Å². The third kappa shape index (κ3) is 1.95. The first-order valence-corrected chi connectivity index (χ1v) is 6.18. The minimum absolute atomic E-state index is 0.00343. The Morgan fingerprint density at radius 1 is 1.11 bits per heavy atom. The third-order valence-corrected chi connectivity index (χ3v) is 3.24. The maximum absolute atomic E-state index is 12.2. The minimum Gasteiger partial charge on any atom is -0.428 e. The third-order valence-electron chi connectivity index (χ3n) is 3.24. The first-order valence-electron chi connectivity index (χ1n) is 6.18. The summed E-state index contributed by atoms with van der Waals surface area (Å²) in [5.74, 6) is 0.517. The van der Waals surface area contributed by atoms with Crippen molar-refractivity contribution < 1.29 is 9.21 Å². The Bertz CT molecular complexity index is 688. The lowest BCUT2D eigenvalue weighted by Gasteiger charge is -2.28. The maximum atomic E-state index is 12.2. The summed E-state index contributed by atoms with van der Waals surface area (Å²) < 4.78 is 5.10.